The highest BCUT2D eigenvalue weighted by atomic mass is 35.5. The summed E-state index contributed by atoms with van der Waals surface area (Å²) in [6.07, 6.45) is 2.80. The van der Waals surface area contributed by atoms with Gasteiger partial charge in [0.15, 0.2) is 0 Å². The number of carboxylic acids is 1. The third kappa shape index (κ3) is 5.17. The van der Waals surface area contributed by atoms with Gasteiger partial charge in [-0.3, -0.25) is 4.79 Å². The smallest absolute Gasteiger partial charge is 0.328 e. The van der Waals surface area contributed by atoms with Crippen molar-refractivity contribution in [2.24, 2.45) is 0 Å². The zero-order valence-electron chi connectivity index (χ0n) is 9.02. The molecule has 0 aliphatic rings. The molecule has 4 nitrogen and oxygen atoms in total. The van der Waals surface area contributed by atoms with E-state index < -0.39 is 5.97 Å². The van der Waals surface area contributed by atoms with E-state index in [1.165, 1.54) is 6.08 Å². The first-order chi connectivity index (χ1) is 8.11. The van der Waals surface area contributed by atoms with Crippen LogP contribution in [0.25, 0.3) is 6.08 Å². The minimum absolute atomic E-state index is 0.145. The van der Waals surface area contributed by atoms with Crippen molar-refractivity contribution in [3.8, 4) is 0 Å². The molecular formula is C12H12ClNO3. The quantitative estimate of drug-likeness (QED) is 0.625. The predicted octanol–water partition coefficient (Wildman–Crippen LogP) is 2.35. The van der Waals surface area contributed by atoms with Gasteiger partial charge in [-0.1, -0.05) is 12.1 Å². The number of anilines is 1. The average molecular weight is 254 g/mol. The lowest BCUT2D eigenvalue weighted by atomic mass is 10.2. The maximum atomic E-state index is 11.2. The number of benzene rings is 1. The van der Waals surface area contributed by atoms with Crippen LogP contribution in [0.3, 0.4) is 0 Å². The maximum Gasteiger partial charge on any atom is 0.328 e. The number of carbonyl (C=O) groups is 2. The monoisotopic (exact) mass is 253 g/mol. The number of hydrogen-bond acceptors (Lipinski definition) is 2. The van der Waals surface area contributed by atoms with E-state index in [0.717, 1.165) is 11.6 Å². The number of nitrogens with one attached hydrogen (secondary N) is 1. The fourth-order valence-electron chi connectivity index (χ4n) is 1.15. The van der Waals surface area contributed by atoms with Gasteiger partial charge in [-0.2, -0.15) is 0 Å². The first-order valence-corrected chi connectivity index (χ1v) is 5.52. The van der Waals surface area contributed by atoms with E-state index in [1.54, 1.807) is 24.3 Å². The second kappa shape index (κ2) is 6.70. The second-order valence-corrected chi connectivity index (χ2v) is 3.66. The fraction of sp³-hybridized carbons (Fsp3) is 0.167. The van der Waals surface area contributed by atoms with E-state index in [0.29, 0.717) is 5.69 Å². The summed E-state index contributed by atoms with van der Waals surface area (Å²) in [5.41, 5.74) is 1.41. The zero-order chi connectivity index (χ0) is 12.7. The number of halogens is 1. The minimum atomic E-state index is -0.996. The number of carboxylic acid groups (broad SMARTS) is 1. The Morgan fingerprint density at radius 1 is 1.29 bits per heavy atom. The molecule has 0 heterocycles. The largest absolute Gasteiger partial charge is 0.478 e. The number of aliphatic carboxylic acids is 1. The highest BCUT2D eigenvalue weighted by molar-refractivity contribution is 6.19. The van der Waals surface area contributed by atoms with Crippen molar-refractivity contribution >= 4 is 35.2 Å². The van der Waals surface area contributed by atoms with Crippen molar-refractivity contribution in [1.82, 2.24) is 0 Å². The van der Waals surface area contributed by atoms with Gasteiger partial charge in [-0.25, -0.2) is 4.79 Å². The molecule has 0 radical (unpaired) electrons. The molecule has 0 aliphatic carbocycles. The summed E-state index contributed by atoms with van der Waals surface area (Å²) in [7, 11) is 0. The van der Waals surface area contributed by atoms with E-state index >= 15 is 0 Å². The van der Waals surface area contributed by atoms with E-state index in [-0.39, 0.29) is 18.2 Å². The van der Waals surface area contributed by atoms with Crippen LogP contribution < -0.4 is 5.32 Å². The minimum Gasteiger partial charge on any atom is -0.478 e. The fourth-order valence-corrected chi connectivity index (χ4v) is 1.33. The van der Waals surface area contributed by atoms with Crippen molar-refractivity contribution in [1.29, 1.82) is 0 Å². The Morgan fingerprint density at radius 3 is 2.47 bits per heavy atom. The molecule has 0 unspecified atom stereocenters. The second-order valence-electron chi connectivity index (χ2n) is 3.28. The molecule has 0 atom stereocenters. The van der Waals surface area contributed by atoms with Crippen LogP contribution in [0.1, 0.15) is 12.0 Å². The molecule has 2 N–H and O–H groups in total. The Labute approximate surface area is 104 Å². The van der Waals surface area contributed by atoms with Crippen molar-refractivity contribution in [2.45, 2.75) is 6.42 Å². The molecule has 5 heteroatoms. The molecule has 1 aromatic rings. The topological polar surface area (TPSA) is 66.4 Å². The van der Waals surface area contributed by atoms with Gasteiger partial charge in [0.25, 0.3) is 0 Å². The molecule has 0 fully saturated rings. The lowest BCUT2D eigenvalue weighted by molar-refractivity contribution is -0.131. The number of alkyl halides is 1. The van der Waals surface area contributed by atoms with Gasteiger partial charge in [0.2, 0.25) is 5.91 Å². The van der Waals surface area contributed by atoms with Gasteiger partial charge in [0.1, 0.15) is 0 Å². The number of hydrogen-bond donors (Lipinski definition) is 2. The SMILES string of the molecule is O=C(O)C=Cc1ccc(NC(=O)CCCl)cc1. The normalized spacial score (nSPS) is 10.4. The highest BCUT2D eigenvalue weighted by Gasteiger charge is 2.00. The Morgan fingerprint density at radius 2 is 1.94 bits per heavy atom. The van der Waals surface area contributed by atoms with Crippen LogP contribution in [0.15, 0.2) is 30.3 Å². The standard InChI is InChI=1S/C12H12ClNO3/c13-8-7-11(15)14-10-4-1-9(2-5-10)3-6-12(16)17/h1-6H,7-8H2,(H,14,15)(H,16,17). The first-order valence-electron chi connectivity index (χ1n) is 4.98. The summed E-state index contributed by atoms with van der Waals surface area (Å²) in [6.45, 7) is 0. The number of rotatable bonds is 5. The first kappa shape index (κ1) is 13.3. The predicted molar refractivity (Wildman–Crippen MR) is 67.1 cm³/mol. The van der Waals surface area contributed by atoms with E-state index in [2.05, 4.69) is 5.32 Å². The van der Waals surface area contributed by atoms with Crippen LogP contribution in [0.4, 0.5) is 5.69 Å². The van der Waals surface area contributed by atoms with Crippen LogP contribution in [-0.4, -0.2) is 22.9 Å². The van der Waals surface area contributed by atoms with Crippen molar-refractivity contribution in [3.05, 3.63) is 35.9 Å². The van der Waals surface area contributed by atoms with E-state index in [1.807, 2.05) is 0 Å². The van der Waals surface area contributed by atoms with Crippen LogP contribution in [0.5, 0.6) is 0 Å². The summed E-state index contributed by atoms with van der Waals surface area (Å²) in [4.78, 5) is 21.5. The summed E-state index contributed by atoms with van der Waals surface area (Å²) in [5, 5.41) is 11.1. The summed E-state index contributed by atoms with van der Waals surface area (Å²) < 4.78 is 0. The van der Waals surface area contributed by atoms with Crippen LogP contribution >= 0.6 is 11.6 Å². The molecule has 0 saturated carbocycles. The molecule has 0 spiro atoms. The molecule has 1 amide bonds. The van der Waals surface area contributed by atoms with Crippen molar-refractivity contribution < 1.29 is 14.7 Å². The summed E-state index contributed by atoms with van der Waals surface area (Å²) in [6, 6.07) is 6.84. The summed E-state index contributed by atoms with van der Waals surface area (Å²) >= 11 is 5.43. The van der Waals surface area contributed by atoms with Gasteiger partial charge in [0.05, 0.1) is 0 Å². The van der Waals surface area contributed by atoms with E-state index in [4.69, 9.17) is 16.7 Å². The van der Waals surface area contributed by atoms with Gasteiger partial charge in [-0.05, 0) is 23.8 Å². The molecule has 1 rings (SSSR count). The molecular weight excluding hydrogens is 242 g/mol. The van der Waals surface area contributed by atoms with Gasteiger partial charge >= 0.3 is 5.97 Å². The van der Waals surface area contributed by atoms with Gasteiger partial charge < -0.3 is 10.4 Å². The molecule has 90 valence electrons. The Balaban J connectivity index is 2.62. The Kier molecular flexibility index (Phi) is 5.23. The molecule has 0 aromatic heterocycles. The third-order valence-electron chi connectivity index (χ3n) is 1.93. The maximum absolute atomic E-state index is 11.2. The Hall–Kier alpha value is -1.81. The Bertz CT molecular complexity index is 426. The molecule has 1 aromatic carbocycles. The number of amides is 1. The van der Waals surface area contributed by atoms with Gasteiger partial charge in [-0.15, -0.1) is 11.6 Å². The molecule has 17 heavy (non-hydrogen) atoms. The van der Waals surface area contributed by atoms with Crippen molar-refractivity contribution in [2.75, 3.05) is 11.2 Å². The molecule has 0 bridgehead atoms. The van der Waals surface area contributed by atoms with Crippen LogP contribution in [0.2, 0.25) is 0 Å². The molecule has 0 aliphatic heterocycles. The van der Waals surface area contributed by atoms with Crippen LogP contribution in [-0.2, 0) is 9.59 Å². The highest BCUT2D eigenvalue weighted by Crippen LogP contribution is 2.11. The lowest BCUT2D eigenvalue weighted by Gasteiger charge is -2.03. The van der Waals surface area contributed by atoms with Gasteiger partial charge in [0, 0.05) is 24.1 Å². The lowest BCUT2D eigenvalue weighted by Crippen LogP contribution is -2.11. The summed E-state index contributed by atoms with van der Waals surface area (Å²) in [5.74, 6) is -0.857. The van der Waals surface area contributed by atoms with Crippen LogP contribution in [0, 0.1) is 0 Å². The third-order valence-corrected chi connectivity index (χ3v) is 2.12. The number of carbonyl (C=O) groups excluding carboxylic acids is 1. The van der Waals surface area contributed by atoms with Crippen molar-refractivity contribution in [3.63, 3.8) is 0 Å². The molecule has 0 saturated heterocycles. The average Bonchev–Trinajstić information content (AvgIpc) is 2.28. The zero-order valence-corrected chi connectivity index (χ0v) is 9.78. The van der Waals surface area contributed by atoms with E-state index in [9.17, 15) is 9.59 Å².